The fourth-order valence-electron chi connectivity index (χ4n) is 2.04. The molecule has 0 saturated heterocycles. The van der Waals surface area contributed by atoms with Crippen molar-refractivity contribution in [2.75, 3.05) is 0 Å². The third kappa shape index (κ3) is 17.9. The predicted octanol–water partition coefficient (Wildman–Crippen LogP) is 6.15. The molecule has 0 atom stereocenters. The average Bonchev–Trinajstić information content (AvgIpc) is 2.63. The topological polar surface area (TPSA) is 80.4 Å². The van der Waals surface area contributed by atoms with E-state index in [0.717, 1.165) is 25.7 Å². The van der Waals surface area contributed by atoms with E-state index in [-0.39, 0.29) is 17.0 Å². The Morgan fingerprint density at radius 3 is 1.93 bits per heavy atom. The van der Waals surface area contributed by atoms with E-state index in [9.17, 15) is 14.9 Å². The summed E-state index contributed by atoms with van der Waals surface area (Å²) >= 11 is 0. The Bertz CT molecular complexity index is 595. The maximum atomic E-state index is 11.0. The summed E-state index contributed by atoms with van der Waals surface area (Å²) in [5.41, 5.74) is 0.220. The van der Waals surface area contributed by atoms with Gasteiger partial charge >= 0.3 is 5.97 Å². The fraction of sp³-hybridized carbons (Fsp3) is 0.409. The second kappa shape index (κ2) is 18.1. The molecule has 0 aromatic rings. The maximum Gasteiger partial charge on any atom is 0.303 e. The van der Waals surface area contributed by atoms with Gasteiger partial charge in [0.2, 0.25) is 5.70 Å². The molecule has 0 radical (unpaired) electrons. The zero-order valence-corrected chi connectivity index (χ0v) is 16.1. The molecule has 0 heterocycles. The monoisotopic (exact) mass is 373 g/mol. The smallest absolute Gasteiger partial charge is 0.303 e. The van der Waals surface area contributed by atoms with Crippen LogP contribution in [0, 0.1) is 10.1 Å². The Hall–Kier alpha value is -2.69. The number of carbonyl (C=O) groups is 1. The van der Waals surface area contributed by atoms with E-state index in [1.165, 1.54) is 0 Å². The SMILES string of the molecule is CCC=CCC=CCC(=CCC=CCC=CCC=CCCC(=O)O)[N+](=O)[O-]. The molecule has 0 aromatic heterocycles. The largest absolute Gasteiger partial charge is 0.481 e. The van der Waals surface area contributed by atoms with Crippen LogP contribution in [0.3, 0.4) is 0 Å². The number of carboxylic acids is 1. The second-order valence-electron chi connectivity index (χ2n) is 5.80. The molecular weight excluding hydrogens is 342 g/mol. The van der Waals surface area contributed by atoms with Gasteiger partial charge < -0.3 is 5.11 Å². The van der Waals surface area contributed by atoms with Crippen LogP contribution in [-0.4, -0.2) is 16.0 Å². The number of rotatable bonds is 15. The number of carboxylic acid groups (broad SMARTS) is 1. The van der Waals surface area contributed by atoms with Gasteiger partial charge in [0.1, 0.15) is 0 Å². The Labute approximate surface area is 162 Å². The molecule has 0 rings (SSSR count). The summed E-state index contributed by atoms with van der Waals surface area (Å²) in [5.74, 6) is -0.783. The molecule has 0 aromatic carbocycles. The van der Waals surface area contributed by atoms with Crippen LogP contribution >= 0.6 is 0 Å². The highest BCUT2D eigenvalue weighted by molar-refractivity contribution is 5.66. The Morgan fingerprint density at radius 1 is 0.852 bits per heavy atom. The highest BCUT2D eigenvalue weighted by Crippen LogP contribution is 2.06. The third-order valence-corrected chi connectivity index (χ3v) is 3.46. The number of nitro groups is 1. The zero-order chi connectivity index (χ0) is 20.2. The summed E-state index contributed by atoms with van der Waals surface area (Å²) in [7, 11) is 0. The first-order valence-corrected chi connectivity index (χ1v) is 9.38. The summed E-state index contributed by atoms with van der Waals surface area (Å²) in [6.07, 6.45) is 26.2. The van der Waals surface area contributed by atoms with Crippen LogP contribution in [0.15, 0.2) is 72.5 Å². The lowest BCUT2D eigenvalue weighted by atomic mass is 10.2. The standard InChI is InChI=1S/C22H31NO4/c1-2-3-4-5-12-15-18-21(23(26)27)19-16-13-10-8-6-7-9-11-14-17-20-22(24)25/h3-4,6-7,10-15,19H,2,5,8-9,16-18,20H2,1H3,(H,24,25). The maximum absolute atomic E-state index is 11.0. The van der Waals surface area contributed by atoms with Crippen LogP contribution < -0.4 is 0 Å². The van der Waals surface area contributed by atoms with Gasteiger partial charge in [-0.3, -0.25) is 14.9 Å². The van der Waals surface area contributed by atoms with Crippen molar-refractivity contribution in [3.8, 4) is 0 Å². The van der Waals surface area contributed by atoms with Gasteiger partial charge in [0.15, 0.2) is 0 Å². The summed E-state index contributed by atoms with van der Waals surface area (Å²) in [5, 5.41) is 19.5. The van der Waals surface area contributed by atoms with Crippen molar-refractivity contribution in [2.24, 2.45) is 0 Å². The van der Waals surface area contributed by atoms with Gasteiger partial charge in [0.25, 0.3) is 0 Å². The molecule has 0 aliphatic heterocycles. The van der Waals surface area contributed by atoms with E-state index in [1.54, 1.807) is 6.08 Å². The number of allylic oxidation sites excluding steroid dienone is 11. The van der Waals surface area contributed by atoms with Crippen LogP contribution in [0.1, 0.15) is 58.3 Å². The Morgan fingerprint density at radius 2 is 1.37 bits per heavy atom. The van der Waals surface area contributed by atoms with Crippen LogP contribution in [0.2, 0.25) is 0 Å². The number of nitrogens with zero attached hydrogens (tertiary/aromatic N) is 1. The molecule has 5 nitrogen and oxygen atoms in total. The second-order valence-corrected chi connectivity index (χ2v) is 5.80. The average molecular weight is 373 g/mol. The lowest BCUT2D eigenvalue weighted by Gasteiger charge is -1.93. The molecule has 0 saturated carbocycles. The minimum absolute atomic E-state index is 0.161. The highest BCUT2D eigenvalue weighted by atomic mass is 16.6. The normalized spacial score (nSPS) is 13.1. The van der Waals surface area contributed by atoms with E-state index in [0.29, 0.717) is 19.3 Å². The molecule has 0 fully saturated rings. The molecule has 5 heteroatoms. The van der Waals surface area contributed by atoms with Gasteiger partial charge in [-0.1, -0.05) is 67.7 Å². The fourth-order valence-corrected chi connectivity index (χ4v) is 2.04. The van der Waals surface area contributed by atoms with Crippen molar-refractivity contribution >= 4 is 5.97 Å². The molecule has 0 spiro atoms. The minimum atomic E-state index is -0.783. The molecule has 1 N–H and O–H groups in total. The van der Waals surface area contributed by atoms with Crippen molar-refractivity contribution in [1.82, 2.24) is 0 Å². The Balaban J connectivity index is 4.05. The first-order valence-electron chi connectivity index (χ1n) is 9.38. The quantitative estimate of drug-likeness (QED) is 0.212. The summed E-state index contributed by atoms with van der Waals surface area (Å²) < 4.78 is 0. The molecule has 148 valence electrons. The van der Waals surface area contributed by atoms with Gasteiger partial charge in [-0.15, -0.1) is 0 Å². The summed E-state index contributed by atoms with van der Waals surface area (Å²) in [4.78, 5) is 21.0. The van der Waals surface area contributed by atoms with E-state index in [2.05, 4.69) is 13.0 Å². The van der Waals surface area contributed by atoms with E-state index < -0.39 is 5.97 Å². The van der Waals surface area contributed by atoms with Crippen molar-refractivity contribution in [2.45, 2.75) is 58.3 Å². The lowest BCUT2D eigenvalue weighted by Crippen LogP contribution is -1.97. The number of hydrogen-bond acceptors (Lipinski definition) is 3. The minimum Gasteiger partial charge on any atom is -0.481 e. The first kappa shape index (κ1) is 24.3. The Kier molecular flexibility index (Phi) is 16.3. The van der Waals surface area contributed by atoms with Gasteiger partial charge in [-0.05, 0) is 44.6 Å². The summed E-state index contributed by atoms with van der Waals surface area (Å²) in [6.45, 7) is 2.07. The lowest BCUT2D eigenvalue weighted by molar-refractivity contribution is -0.427. The zero-order valence-electron chi connectivity index (χ0n) is 16.1. The third-order valence-electron chi connectivity index (χ3n) is 3.46. The van der Waals surface area contributed by atoms with Crippen molar-refractivity contribution in [1.29, 1.82) is 0 Å². The molecule has 0 amide bonds. The highest BCUT2D eigenvalue weighted by Gasteiger charge is 2.06. The van der Waals surface area contributed by atoms with Gasteiger partial charge in [-0.2, -0.15) is 0 Å². The van der Waals surface area contributed by atoms with Crippen LogP contribution in [0.4, 0.5) is 0 Å². The van der Waals surface area contributed by atoms with Crippen LogP contribution in [-0.2, 0) is 4.79 Å². The summed E-state index contributed by atoms with van der Waals surface area (Å²) in [6, 6.07) is 0. The van der Waals surface area contributed by atoms with E-state index in [4.69, 9.17) is 5.11 Å². The van der Waals surface area contributed by atoms with E-state index >= 15 is 0 Å². The van der Waals surface area contributed by atoms with Gasteiger partial charge in [0, 0.05) is 6.42 Å². The van der Waals surface area contributed by atoms with Gasteiger partial charge in [0.05, 0.1) is 11.3 Å². The molecule has 0 aliphatic rings. The number of hydrogen-bond donors (Lipinski definition) is 1. The molecular formula is C22H31NO4. The number of aliphatic carboxylic acids is 1. The van der Waals surface area contributed by atoms with Crippen molar-refractivity contribution < 1.29 is 14.8 Å². The first-order chi connectivity index (χ1) is 13.1. The van der Waals surface area contributed by atoms with Crippen LogP contribution in [0.25, 0.3) is 0 Å². The molecule has 27 heavy (non-hydrogen) atoms. The van der Waals surface area contributed by atoms with Gasteiger partial charge in [-0.25, -0.2) is 0 Å². The van der Waals surface area contributed by atoms with Crippen molar-refractivity contribution in [3.63, 3.8) is 0 Å². The molecule has 0 unspecified atom stereocenters. The molecule has 0 bridgehead atoms. The van der Waals surface area contributed by atoms with Crippen molar-refractivity contribution in [3.05, 3.63) is 82.6 Å². The predicted molar refractivity (Wildman–Crippen MR) is 111 cm³/mol. The van der Waals surface area contributed by atoms with Crippen LogP contribution in [0.5, 0.6) is 0 Å². The molecule has 0 aliphatic carbocycles. The van der Waals surface area contributed by atoms with E-state index in [1.807, 2.05) is 54.7 Å².